The summed E-state index contributed by atoms with van der Waals surface area (Å²) in [6.45, 7) is 0. The lowest BCUT2D eigenvalue weighted by Crippen LogP contribution is -2.14. The highest BCUT2D eigenvalue weighted by Crippen LogP contribution is 2.48. The number of nitrogens with zero attached hydrogens (tertiary/aromatic N) is 9. The molecule has 588 valence electrons. The molecule has 0 aliphatic rings. The van der Waals surface area contributed by atoms with E-state index >= 15 is 0 Å². The van der Waals surface area contributed by atoms with Crippen LogP contribution >= 0.6 is 0 Å². The second-order valence-corrected chi connectivity index (χ2v) is 29.8. The fourth-order valence-corrected chi connectivity index (χ4v) is 16.4. The Morgan fingerprint density at radius 1 is 0.0569 bits per heavy atom. The molecule has 0 aliphatic heterocycles. The molecule has 19 aromatic carbocycles. The molecular weight excluding hydrogens is 1500 g/mol. The molecule has 0 bridgehead atoms. The van der Waals surface area contributed by atoms with Crippen LogP contribution in [0.4, 0.5) is 154 Å². The van der Waals surface area contributed by atoms with E-state index in [1.54, 1.807) is 0 Å². The molecule has 0 N–H and O–H groups in total. The molecule has 0 unspecified atom stereocenters. The minimum Gasteiger partial charge on any atom is -0.311 e. The van der Waals surface area contributed by atoms with Crippen LogP contribution in [0.1, 0.15) is 0 Å². The Balaban J connectivity index is 0.721. The zero-order valence-electron chi connectivity index (χ0n) is 67.8. The molecule has 0 saturated heterocycles. The molecule has 123 heavy (non-hydrogen) atoms. The van der Waals surface area contributed by atoms with E-state index in [1.807, 2.05) is 0 Å². The first-order valence-corrected chi connectivity index (χ1v) is 41.6. The van der Waals surface area contributed by atoms with E-state index in [0.717, 1.165) is 154 Å². The van der Waals surface area contributed by atoms with Gasteiger partial charge in [0.1, 0.15) is 0 Å². The summed E-state index contributed by atoms with van der Waals surface area (Å²) in [5.74, 6) is 0. The van der Waals surface area contributed by atoms with Gasteiger partial charge in [-0.25, -0.2) is 0 Å². The lowest BCUT2D eigenvalue weighted by molar-refractivity contribution is 1.23. The standard InChI is InChI=1S/C114H87N9/c1-12-34-88(35-13-1)115(89-36-14-2-15-37-89)99-56-66-104(67-57-99)120(98-54-32-11-33-55-98)105-68-78-110(79-69-105)122(108-74-62-102(63-75-108)118(94-46-24-7-25-47-94)95-48-26-8-27-49-95)112-82-86-114(87-83-112)123(109-76-64-103(65-77-109)119(96-50-28-9-29-51-96)97-52-30-10-31-53-97)113-84-80-111(81-85-113)121(106-70-58-100(59-71-106)116(90-38-16-3-17-39-90)91-40-18-4-19-41-91)107-72-60-101(61-73-107)117(92-42-20-5-21-43-92)93-44-22-6-23-45-93/h1-87H. The lowest BCUT2D eigenvalue weighted by atomic mass is 10.1. The largest absolute Gasteiger partial charge is 0.311 e. The summed E-state index contributed by atoms with van der Waals surface area (Å²) in [6.07, 6.45) is 0. The van der Waals surface area contributed by atoms with Crippen LogP contribution in [-0.2, 0) is 0 Å². The molecule has 0 amide bonds. The van der Waals surface area contributed by atoms with Crippen LogP contribution in [0.2, 0.25) is 0 Å². The summed E-state index contributed by atoms with van der Waals surface area (Å²) in [5.41, 5.74) is 27.9. The molecule has 0 spiro atoms. The monoisotopic (exact) mass is 1580 g/mol. The van der Waals surface area contributed by atoms with E-state index < -0.39 is 0 Å². The SMILES string of the molecule is c1ccc(N(c2ccccc2)c2ccc(N(c3ccccc3)c3ccc(N(c4ccc(N(c5ccccc5)c5ccccc5)cc4)c4ccc(N(c5ccc(N(c6ccccc6)c6ccccc6)cc5)c5ccc(N(c6ccc(N(c7ccccc7)c7ccccc7)cc6)c6ccc(N(c7ccccc7)c7ccccc7)cc6)cc5)cc4)cc3)cc2)cc1. The van der Waals surface area contributed by atoms with E-state index in [4.69, 9.17) is 0 Å². The molecule has 0 saturated carbocycles. The Bertz CT molecular complexity index is 6200. The minimum atomic E-state index is 0.972. The summed E-state index contributed by atoms with van der Waals surface area (Å²) in [7, 11) is 0. The molecule has 0 aliphatic carbocycles. The summed E-state index contributed by atoms with van der Waals surface area (Å²) in [5, 5.41) is 0. The third-order valence-electron chi connectivity index (χ3n) is 22.1. The third-order valence-corrected chi connectivity index (χ3v) is 22.1. The number of para-hydroxylation sites is 11. The first kappa shape index (κ1) is 76.4. The second-order valence-electron chi connectivity index (χ2n) is 29.8. The van der Waals surface area contributed by atoms with Gasteiger partial charge in [0.2, 0.25) is 0 Å². The van der Waals surface area contributed by atoms with Crippen molar-refractivity contribution in [2.75, 3.05) is 44.1 Å². The van der Waals surface area contributed by atoms with Gasteiger partial charge in [0.05, 0.1) is 0 Å². The van der Waals surface area contributed by atoms with Crippen LogP contribution in [0.3, 0.4) is 0 Å². The summed E-state index contributed by atoms with van der Waals surface area (Å²) in [6, 6.07) is 188. The van der Waals surface area contributed by atoms with Crippen LogP contribution in [-0.4, -0.2) is 0 Å². The molecule has 19 rings (SSSR count). The highest BCUT2D eigenvalue weighted by molar-refractivity contribution is 5.90. The molecule has 9 nitrogen and oxygen atoms in total. The van der Waals surface area contributed by atoms with Crippen molar-refractivity contribution in [1.82, 2.24) is 0 Å². The van der Waals surface area contributed by atoms with Gasteiger partial charge in [0.15, 0.2) is 0 Å². The fraction of sp³-hybridized carbons (Fsp3) is 0. The van der Waals surface area contributed by atoms with E-state index in [-0.39, 0.29) is 0 Å². The molecule has 0 radical (unpaired) electrons. The maximum Gasteiger partial charge on any atom is 0.0463 e. The van der Waals surface area contributed by atoms with Crippen molar-refractivity contribution in [2.45, 2.75) is 0 Å². The van der Waals surface area contributed by atoms with Gasteiger partial charge >= 0.3 is 0 Å². The predicted molar refractivity (Wildman–Crippen MR) is 519 cm³/mol. The van der Waals surface area contributed by atoms with Crippen molar-refractivity contribution in [2.24, 2.45) is 0 Å². The Hall–Kier alpha value is -16.6. The van der Waals surface area contributed by atoms with E-state index in [2.05, 4.69) is 572 Å². The Labute approximate surface area is 720 Å². The number of hydrogen-bond acceptors (Lipinski definition) is 9. The molecule has 0 heterocycles. The quantitative estimate of drug-likeness (QED) is 0.0499. The maximum absolute atomic E-state index is 2.37. The Kier molecular flexibility index (Phi) is 22.4. The van der Waals surface area contributed by atoms with E-state index in [0.29, 0.717) is 0 Å². The van der Waals surface area contributed by atoms with Crippen molar-refractivity contribution < 1.29 is 0 Å². The van der Waals surface area contributed by atoms with Crippen LogP contribution in [0, 0.1) is 0 Å². The summed E-state index contributed by atoms with van der Waals surface area (Å²) >= 11 is 0. The predicted octanol–water partition coefficient (Wildman–Crippen LogP) is 32.9. The van der Waals surface area contributed by atoms with Crippen molar-refractivity contribution in [3.05, 3.63) is 528 Å². The minimum absolute atomic E-state index is 0.972. The number of benzene rings is 19. The second kappa shape index (κ2) is 36.1. The first-order valence-electron chi connectivity index (χ1n) is 41.6. The van der Waals surface area contributed by atoms with Gasteiger partial charge in [-0.3, -0.25) is 0 Å². The van der Waals surface area contributed by atoms with Crippen molar-refractivity contribution in [3.63, 3.8) is 0 Å². The normalized spacial score (nSPS) is 10.9. The summed E-state index contributed by atoms with van der Waals surface area (Å²) in [4.78, 5) is 20.9. The van der Waals surface area contributed by atoms with Crippen LogP contribution in [0.5, 0.6) is 0 Å². The van der Waals surface area contributed by atoms with E-state index in [1.165, 1.54) is 0 Å². The topological polar surface area (TPSA) is 29.2 Å². The third kappa shape index (κ3) is 16.7. The molecule has 19 aromatic rings. The van der Waals surface area contributed by atoms with Gasteiger partial charge in [-0.2, -0.15) is 0 Å². The van der Waals surface area contributed by atoms with Crippen molar-refractivity contribution in [3.8, 4) is 0 Å². The van der Waals surface area contributed by atoms with Crippen LogP contribution in [0.15, 0.2) is 528 Å². The number of anilines is 27. The molecule has 0 fully saturated rings. The highest BCUT2D eigenvalue weighted by atomic mass is 15.2. The Morgan fingerprint density at radius 2 is 0.106 bits per heavy atom. The van der Waals surface area contributed by atoms with Crippen molar-refractivity contribution >= 4 is 154 Å². The van der Waals surface area contributed by atoms with Gasteiger partial charge in [-0.15, -0.1) is 0 Å². The van der Waals surface area contributed by atoms with Gasteiger partial charge in [0, 0.05) is 154 Å². The van der Waals surface area contributed by atoms with Gasteiger partial charge in [-0.1, -0.05) is 200 Å². The molecule has 9 heteroatoms. The zero-order valence-corrected chi connectivity index (χ0v) is 67.8. The number of rotatable bonds is 27. The average molecular weight is 1580 g/mol. The van der Waals surface area contributed by atoms with Gasteiger partial charge in [0.25, 0.3) is 0 Å². The summed E-state index contributed by atoms with van der Waals surface area (Å²) < 4.78 is 0. The molecule has 0 aromatic heterocycles. The highest BCUT2D eigenvalue weighted by Gasteiger charge is 2.25. The molecule has 0 atom stereocenters. The fourth-order valence-electron chi connectivity index (χ4n) is 16.4. The van der Waals surface area contributed by atoms with Gasteiger partial charge in [-0.05, 0) is 328 Å². The molecular formula is C114H87N9. The average Bonchev–Trinajstić information content (AvgIpc) is 0.766. The lowest BCUT2D eigenvalue weighted by Gasteiger charge is -2.31. The van der Waals surface area contributed by atoms with Crippen LogP contribution < -0.4 is 44.1 Å². The first-order chi connectivity index (χ1) is 61.0. The van der Waals surface area contributed by atoms with Gasteiger partial charge < -0.3 is 44.1 Å². The number of hydrogen-bond donors (Lipinski definition) is 0. The maximum atomic E-state index is 2.37. The van der Waals surface area contributed by atoms with E-state index in [9.17, 15) is 0 Å². The van der Waals surface area contributed by atoms with Crippen LogP contribution in [0.25, 0.3) is 0 Å². The zero-order chi connectivity index (χ0) is 82.3. The smallest absolute Gasteiger partial charge is 0.0463 e. The van der Waals surface area contributed by atoms with Crippen molar-refractivity contribution in [1.29, 1.82) is 0 Å². The Morgan fingerprint density at radius 3 is 0.163 bits per heavy atom.